The second-order valence-electron chi connectivity index (χ2n) is 6.42. The maximum atomic E-state index is 12.1. The fraction of sp³-hybridized carbons (Fsp3) is 0.0455. The van der Waals surface area contributed by atoms with Gasteiger partial charge in [-0.25, -0.2) is 9.78 Å². The lowest BCUT2D eigenvalue weighted by atomic mass is 10.1. The number of aromatic carboxylic acids is 1. The molecule has 2 aromatic carbocycles. The molecule has 0 spiro atoms. The minimum absolute atomic E-state index is 0.0552. The summed E-state index contributed by atoms with van der Waals surface area (Å²) in [5, 5.41) is 19.8. The first kappa shape index (κ1) is 18.2. The number of imidazole rings is 1. The maximum absolute atomic E-state index is 12.1. The molecule has 144 valence electrons. The monoisotopic (exact) mass is 388 g/mol. The van der Waals surface area contributed by atoms with Gasteiger partial charge in [0.25, 0.3) is 0 Å². The standard InChI is InChI=1S/C22H16N2O5/c1-12-11-16(25)19(26)20(29-12)18-17(13-7-3-2-4-8-13)23-21(24-18)14-9-5-6-10-15(14)22(27)28/h2-11,26H,1H3,(H,23,24)(H,27,28). The number of benzene rings is 2. The van der Waals surface area contributed by atoms with Crippen molar-refractivity contribution >= 4 is 5.97 Å². The van der Waals surface area contributed by atoms with Gasteiger partial charge < -0.3 is 19.6 Å². The molecular weight excluding hydrogens is 372 g/mol. The van der Waals surface area contributed by atoms with Gasteiger partial charge in [-0.1, -0.05) is 48.5 Å². The van der Waals surface area contributed by atoms with Crippen LogP contribution in [0, 0.1) is 6.92 Å². The first-order chi connectivity index (χ1) is 14.0. The zero-order valence-electron chi connectivity index (χ0n) is 15.3. The van der Waals surface area contributed by atoms with E-state index in [0.29, 0.717) is 22.6 Å². The Morgan fingerprint density at radius 1 is 1.07 bits per heavy atom. The SMILES string of the molecule is Cc1cc(=O)c(O)c(-c2[nH]c(-c3ccccc3C(=O)O)nc2-c2ccccc2)o1. The highest BCUT2D eigenvalue weighted by Crippen LogP contribution is 2.36. The van der Waals surface area contributed by atoms with E-state index in [1.54, 1.807) is 25.1 Å². The molecule has 4 aromatic rings. The number of aromatic hydroxyl groups is 1. The van der Waals surface area contributed by atoms with Gasteiger partial charge in [0.1, 0.15) is 23.0 Å². The molecular formula is C22H16N2O5. The minimum Gasteiger partial charge on any atom is -0.501 e. The van der Waals surface area contributed by atoms with Crippen molar-refractivity contribution in [1.29, 1.82) is 0 Å². The van der Waals surface area contributed by atoms with Crippen molar-refractivity contribution in [3.63, 3.8) is 0 Å². The van der Waals surface area contributed by atoms with Crippen molar-refractivity contribution in [1.82, 2.24) is 9.97 Å². The molecule has 29 heavy (non-hydrogen) atoms. The quantitative estimate of drug-likeness (QED) is 0.485. The lowest BCUT2D eigenvalue weighted by Gasteiger charge is -2.05. The number of aromatic nitrogens is 2. The van der Waals surface area contributed by atoms with Crippen molar-refractivity contribution in [3.8, 4) is 39.8 Å². The molecule has 2 aromatic heterocycles. The first-order valence-electron chi connectivity index (χ1n) is 8.78. The van der Waals surface area contributed by atoms with Crippen molar-refractivity contribution in [2.45, 2.75) is 6.92 Å². The number of carboxylic acid groups (broad SMARTS) is 1. The van der Waals surface area contributed by atoms with E-state index >= 15 is 0 Å². The van der Waals surface area contributed by atoms with Gasteiger partial charge in [0.15, 0.2) is 5.76 Å². The molecule has 0 aliphatic heterocycles. The van der Waals surface area contributed by atoms with Crippen LogP contribution in [0.1, 0.15) is 16.1 Å². The fourth-order valence-corrected chi connectivity index (χ4v) is 3.12. The first-order valence-corrected chi connectivity index (χ1v) is 8.78. The van der Waals surface area contributed by atoms with E-state index in [2.05, 4.69) is 9.97 Å². The molecule has 7 nitrogen and oxygen atoms in total. The van der Waals surface area contributed by atoms with E-state index in [1.807, 2.05) is 30.3 Å². The van der Waals surface area contributed by atoms with Crippen molar-refractivity contribution in [2.24, 2.45) is 0 Å². The van der Waals surface area contributed by atoms with Crippen LogP contribution in [-0.2, 0) is 0 Å². The van der Waals surface area contributed by atoms with Crippen LogP contribution in [0.2, 0.25) is 0 Å². The average Bonchev–Trinajstić information content (AvgIpc) is 3.16. The summed E-state index contributed by atoms with van der Waals surface area (Å²) in [4.78, 5) is 31.3. The van der Waals surface area contributed by atoms with Crippen LogP contribution in [0.15, 0.2) is 69.9 Å². The Morgan fingerprint density at radius 2 is 1.76 bits per heavy atom. The smallest absolute Gasteiger partial charge is 0.336 e. The van der Waals surface area contributed by atoms with Gasteiger partial charge in [0, 0.05) is 17.2 Å². The Balaban J connectivity index is 2.02. The molecule has 0 radical (unpaired) electrons. The lowest BCUT2D eigenvalue weighted by molar-refractivity contribution is 0.0697. The molecule has 0 atom stereocenters. The molecule has 3 N–H and O–H groups in total. The van der Waals surface area contributed by atoms with Crippen LogP contribution in [0.25, 0.3) is 34.1 Å². The van der Waals surface area contributed by atoms with Crippen LogP contribution >= 0.6 is 0 Å². The number of hydrogen-bond acceptors (Lipinski definition) is 5. The molecule has 7 heteroatoms. The van der Waals surface area contributed by atoms with E-state index < -0.39 is 17.1 Å². The van der Waals surface area contributed by atoms with E-state index in [-0.39, 0.29) is 22.8 Å². The number of rotatable bonds is 4. The molecule has 0 amide bonds. The molecule has 2 heterocycles. The predicted molar refractivity (Wildman–Crippen MR) is 107 cm³/mol. The van der Waals surface area contributed by atoms with Gasteiger partial charge >= 0.3 is 5.97 Å². The average molecular weight is 388 g/mol. The Hall–Kier alpha value is -4.13. The zero-order chi connectivity index (χ0) is 20.5. The Kier molecular flexibility index (Phi) is 4.48. The maximum Gasteiger partial charge on any atom is 0.336 e. The van der Waals surface area contributed by atoms with Crippen molar-refractivity contribution in [2.75, 3.05) is 0 Å². The summed E-state index contributed by atoms with van der Waals surface area (Å²) >= 11 is 0. The Morgan fingerprint density at radius 3 is 2.48 bits per heavy atom. The van der Waals surface area contributed by atoms with Gasteiger partial charge in [-0.05, 0) is 13.0 Å². The largest absolute Gasteiger partial charge is 0.501 e. The number of aryl methyl sites for hydroxylation is 1. The Bertz CT molecular complexity index is 1270. The van der Waals surface area contributed by atoms with Gasteiger partial charge in [-0.15, -0.1) is 0 Å². The normalized spacial score (nSPS) is 10.8. The summed E-state index contributed by atoms with van der Waals surface area (Å²) < 4.78 is 5.63. The third kappa shape index (κ3) is 3.29. The van der Waals surface area contributed by atoms with Crippen LogP contribution in [0.5, 0.6) is 5.75 Å². The molecule has 0 saturated heterocycles. The van der Waals surface area contributed by atoms with Gasteiger partial charge in [0.2, 0.25) is 11.2 Å². The molecule has 0 unspecified atom stereocenters. The summed E-state index contributed by atoms with van der Waals surface area (Å²) in [5.74, 6) is -1.09. The Labute approximate surface area is 164 Å². The summed E-state index contributed by atoms with van der Waals surface area (Å²) in [5.41, 5.74) is 1.28. The number of carbonyl (C=O) groups is 1. The van der Waals surface area contributed by atoms with Crippen molar-refractivity contribution < 1.29 is 19.4 Å². The summed E-state index contributed by atoms with van der Waals surface area (Å²) in [7, 11) is 0. The number of H-pyrrole nitrogens is 1. The molecule has 0 bridgehead atoms. The summed E-state index contributed by atoms with van der Waals surface area (Å²) in [6, 6.07) is 16.8. The molecule has 0 aliphatic carbocycles. The lowest BCUT2D eigenvalue weighted by Crippen LogP contribution is -2.01. The van der Waals surface area contributed by atoms with Gasteiger partial charge in [0.05, 0.1) is 5.56 Å². The number of hydrogen-bond donors (Lipinski definition) is 3. The second-order valence-corrected chi connectivity index (χ2v) is 6.42. The summed E-state index contributed by atoms with van der Waals surface area (Å²) in [6.07, 6.45) is 0. The van der Waals surface area contributed by atoms with Crippen molar-refractivity contribution in [3.05, 3.63) is 82.2 Å². The summed E-state index contributed by atoms with van der Waals surface area (Å²) in [6.45, 7) is 1.60. The highest BCUT2D eigenvalue weighted by atomic mass is 16.4. The number of aromatic amines is 1. The predicted octanol–water partition coefficient (Wildman–Crippen LogP) is 4.08. The van der Waals surface area contributed by atoms with Crippen LogP contribution < -0.4 is 5.43 Å². The van der Waals surface area contributed by atoms with Crippen LogP contribution in [-0.4, -0.2) is 26.2 Å². The molecule has 4 rings (SSSR count). The number of nitrogens with zero attached hydrogens (tertiary/aromatic N) is 1. The highest BCUT2D eigenvalue weighted by Gasteiger charge is 2.23. The third-order valence-corrected chi connectivity index (χ3v) is 4.44. The molecule has 0 fully saturated rings. The van der Waals surface area contributed by atoms with Gasteiger partial charge in [-0.2, -0.15) is 0 Å². The van der Waals surface area contributed by atoms with E-state index in [9.17, 15) is 19.8 Å². The van der Waals surface area contributed by atoms with E-state index in [1.165, 1.54) is 12.1 Å². The highest BCUT2D eigenvalue weighted by molar-refractivity contribution is 5.95. The van der Waals surface area contributed by atoms with E-state index in [4.69, 9.17) is 4.42 Å². The topological polar surface area (TPSA) is 116 Å². The zero-order valence-corrected chi connectivity index (χ0v) is 15.3. The van der Waals surface area contributed by atoms with E-state index in [0.717, 1.165) is 0 Å². The fourth-order valence-electron chi connectivity index (χ4n) is 3.12. The number of carboxylic acids is 1. The van der Waals surface area contributed by atoms with Crippen LogP contribution in [0.4, 0.5) is 0 Å². The minimum atomic E-state index is -1.09. The number of nitrogens with one attached hydrogen (secondary N) is 1. The molecule has 0 saturated carbocycles. The van der Waals surface area contributed by atoms with Gasteiger partial charge in [-0.3, -0.25) is 4.79 Å². The van der Waals surface area contributed by atoms with Crippen LogP contribution in [0.3, 0.4) is 0 Å². The third-order valence-electron chi connectivity index (χ3n) is 4.44. The second kappa shape index (κ2) is 7.12. The molecule has 0 aliphatic rings.